The highest BCUT2D eigenvalue weighted by molar-refractivity contribution is 6.33. The van der Waals surface area contributed by atoms with Crippen molar-refractivity contribution in [2.75, 3.05) is 7.11 Å². The van der Waals surface area contributed by atoms with E-state index in [4.69, 9.17) is 16.3 Å². The fourth-order valence-corrected chi connectivity index (χ4v) is 2.88. The largest absolute Gasteiger partial charge is 0.497 e. The molecule has 9 nitrogen and oxygen atoms in total. The Morgan fingerprint density at radius 2 is 1.93 bits per heavy atom. The highest BCUT2D eigenvalue weighted by Crippen LogP contribution is 2.30. The van der Waals surface area contributed by atoms with Crippen LogP contribution < -0.4 is 10.1 Å². The molecule has 0 spiro atoms. The molecule has 2 aromatic rings. The third-order valence-electron chi connectivity index (χ3n) is 4.34. The van der Waals surface area contributed by atoms with Crippen molar-refractivity contribution in [2.45, 2.75) is 12.5 Å². The number of nitrogens with zero attached hydrogens (tertiary/aromatic N) is 3. The fourth-order valence-electron chi connectivity index (χ4n) is 2.71. The van der Waals surface area contributed by atoms with Crippen molar-refractivity contribution in [3.05, 3.63) is 68.7 Å². The molecule has 0 aliphatic carbocycles. The molecule has 1 atom stereocenters. The van der Waals surface area contributed by atoms with Gasteiger partial charge in [0, 0.05) is 22.7 Å². The number of amides is 3. The maximum atomic E-state index is 12.8. The maximum Gasteiger partial charge on any atom is 0.346 e. The van der Waals surface area contributed by atoms with Gasteiger partial charge in [-0.2, -0.15) is 5.10 Å². The summed E-state index contributed by atoms with van der Waals surface area (Å²) in [4.78, 5) is 35.4. The van der Waals surface area contributed by atoms with Gasteiger partial charge in [-0.3, -0.25) is 14.9 Å². The highest BCUT2D eigenvalue weighted by Gasteiger charge is 2.49. The quantitative estimate of drug-likeness (QED) is 0.357. The van der Waals surface area contributed by atoms with Crippen LogP contribution in [0.3, 0.4) is 0 Å². The molecule has 0 radical (unpaired) electrons. The van der Waals surface area contributed by atoms with Crippen molar-refractivity contribution < 1.29 is 19.2 Å². The molecule has 1 N–H and O–H groups in total. The molecule has 2 aromatic carbocycles. The minimum atomic E-state index is -1.31. The molecular weight excluding hydrogens is 388 g/mol. The number of carbonyl (C=O) groups is 2. The van der Waals surface area contributed by atoms with E-state index in [1.165, 1.54) is 25.3 Å². The zero-order valence-electron chi connectivity index (χ0n) is 14.9. The molecule has 3 amide bonds. The average molecular weight is 403 g/mol. The number of hydrogen-bond donors (Lipinski definition) is 1. The summed E-state index contributed by atoms with van der Waals surface area (Å²) in [7, 11) is 1.52. The van der Waals surface area contributed by atoms with Gasteiger partial charge in [0.05, 0.1) is 18.2 Å². The number of hydrazone groups is 1. The smallest absolute Gasteiger partial charge is 0.346 e. The highest BCUT2D eigenvalue weighted by atomic mass is 35.5. The third kappa shape index (κ3) is 3.39. The van der Waals surface area contributed by atoms with Crippen molar-refractivity contribution in [3.63, 3.8) is 0 Å². The zero-order chi connectivity index (χ0) is 20.5. The van der Waals surface area contributed by atoms with E-state index in [1.807, 2.05) is 0 Å². The van der Waals surface area contributed by atoms with Gasteiger partial charge < -0.3 is 10.1 Å². The van der Waals surface area contributed by atoms with Crippen LogP contribution in [-0.2, 0) is 10.3 Å². The molecule has 3 rings (SSSR count). The first-order chi connectivity index (χ1) is 13.3. The first kappa shape index (κ1) is 19.3. The van der Waals surface area contributed by atoms with Gasteiger partial charge in [-0.05, 0) is 30.7 Å². The number of imide groups is 1. The number of nitrogens with one attached hydrogen (secondary N) is 1. The lowest BCUT2D eigenvalue weighted by Crippen LogP contribution is -2.40. The van der Waals surface area contributed by atoms with Crippen molar-refractivity contribution in [1.29, 1.82) is 0 Å². The third-order valence-corrected chi connectivity index (χ3v) is 4.68. The Balaban J connectivity index is 1.89. The standard InChI is InChI=1S/C18H15ClN4O5/c1-18(12-3-6-14(28-2)7-4-12)16(24)22(17(25)21-18)20-10-11-9-13(23(26)27)5-8-15(11)19/h3-10H,1-2H3,(H,21,25)/b20-10+. The molecule has 1 unspecified atom stereocenters. The number of carbonyl (C=O) groups excluding carboxylic acids is 2. The summed E-state index contributed by atoms with van der Waals surface area (Å²) in [5.74, 6) is 0.0137. The van der Waals surface area contributed by atoms with E-state index >= 15 is 0 Å². The van der Waals surface area contributed by atoms with Gasteiger partial charge in [0.25, 0.3) is 11.6 Å². The number of methoxy groups -OCH3 is 1. The molecule has 1 fully saturated rings. The Morgan fingerprint density at radius 1 is 1.25 bits per heavy atom. The van der Waals surface area contributed by atoms with Crippen molar-refractivity contribution >= 4 is 35.4 Å². The van der Waals surface area contributed by atoms with E-state index in [1.54, 1.807) is 31.2 Å². The minimum absolute atomic E-state index is 0.189. The summed E-state index contributed by atoms with van der Waals surface area (Å²) in [5, 5.41) is 18.2. The van der Waals surface area contributed by atoms with E-state index in [0.29, 0.717) is 16.3 Å². The molecular formula is C18H15ClN4O5. The summed E-state index contributed by atoms with van der Waals surface area (Å²) < 4.78 is 5.09. The molecule has 1 heterocycles. The monoisotopic (exact) mass is 402 g/mol. The molecule has 0 bridgehead atoms. The molecule has 1 saturated heterocycles. The molecule has 1 aliphatic heterocycles. The number of non-ortho nitro benzene ring substituents is 1. The predicted molar refractivity (Wildman–Crippen MR) is 101 cm³/mol. The lowest BCUT2D eigenvalue weighted by molar-refractivity contribution is -0.384. The second-order valence-electron chi connectivity index (χ2n) is 6.11. The molecule has 28 heavy (non-hydrogen) atoms. The van der Waals surface area contributed by atoms with E-state index in [2.05, 4.69) is 10.4 Å². The second kappa shape index (κ2) is 7.28. The number of ether oxygens (including phenoxy) is 1. The Labute approximate surface area is 164 Å². The van der Waals surface area contributed by atoms with E-state index in [-0.39, 0.29) is 16.3 Å². The Morgan fingerprint density at radius 3 is 2.54 bits per heavy atom. The van der Waals surface area contributed by atoms with E-state index < -0.39 is 22.4 Å². The van der Waals surface area contributed by atoms with Crippen LogP contribution in [0.15, 0.2) is 47.6 Å². The summed E-state index contributed by atoms with van der Waals surface area (Å²) >= 11 is 6.01. The summed E-state index contributed by atoms with van der Waals surface area (Å²) in [6.45, 7) is 1.56. The molecule has 0 aromatic heterocycles. The minimum Gasteiger partial charge on any atom is -0.497 e. The van der Waals surface area contributed by atoms with E-state index in [9.17, 15) is 19.7 Å². The summed E-state index contributed by atoms with van der Waals surface area (Å²) in [6, 6.07) is 9.75. The van der Waals surface area contributed by atoms with Gasteiger partial charge in [-0.1, -0.05) is 23.7 Å². The van der Waals surface area contributed by atoms with E-state index in [0.717, 1.165) is 6.21 Å². The second-order valence-corrected chi connectivity index (χ2v) is 6.52. The van der Waals surface area contributed by atoms with Crippen LogP contribution in [-0.4, -0.2) is 35.2 Å². The van der Waals surface area contributed by atoms with Crippen LogP contribution in [0.4, 0.5) is 10.5 Å². The molecule has 144 valence electrons. The lowest BCUT2D eigenvalue weighted by Gasteiger charge is -2.21. The lowest BCUT2D eigenvalue weighted by atomic mass is 9.92. The van der Waals surface area contributed by atoms with Crippen LogP contribution >= 0.6 is 11.6 Å². The number of benzene rings is 2. The topological polar surface area (TPSA) is 114 Å². The summed E-state index contributed by atoms with van der Waals surface area (Å²) in [6.07, 6.45) is 1.13. The van der Waals surface area contributed by atoms with Crippen molar-refractivity contribution in [2.24, 2.45) is 5.10 Å². The number of rotatable bonds is 5. The van der Waals surface area contributed by atoms with Gasteiger partial charge in [0.15, 0.2) is 0 Å². The van der Waals surface area contributed by atoms with Crippen LogP contribution in [0.1, 0.15) is 18.1 Å². The molecule has 0 saturated carbocycles. The number of halogens is 1. The Hall–Kier alpha value is -3.46. The number of nitro groups is 1. The first-order valence-electron chi connectivity index (χ1n) is 8.05. The summed E-state index contributed by atoms with van der Waals surface area (Å²) in [5.41, 5.74) is -0.744. The first-order valence-corrected chi connectivity index (χ1v) is 8.43. The number of hydrogen-bond acceptors (Lipinski definition) is 6. The van der Waals surface area contributed by atoms with Crippen molar-refractivity contribution in [3.8, 4) is 5.75 Å². The maximum absolute atomic E-state index is 12.8. The Kier molecular flexibility index (Phi) is 5.02. The molecule has 10 heteroatoms. The molecule has 1 aliphatic rings. The van der Waals surface area contributed by atoms with Crippen LogP contribution in [0.2, 0.25) is 5.02 Å². The normalized spacial score (nSPS) is 19.2. The van der Waals surface area contributed by atoms with Crippen LogP contribution in [0.5, 0.6) is 5.75 Å². The Bertz CT molecular complexity index is 992. The predicted octanol–water partition coefficient (Wildman–Crippen LogP) is 3.06. The number of urea groups is 1. The number of nitro benzene ring substituents is 1. The van der Waals surface area contributed by atoms with Crippen LogP contribution in [0, 0.1) is 10.1 Å². The van der Waals surface area contributed by atoms with Gasteiger partial charge >= 0.3 is 6.03 Å². The van der Waals surface area contributed by atoms with Crippen molar-refractivity contribution in [1.82, 2.24) is 10.3 Å². The van der Waals surface area contributed by atoms with Gasteiger partial charge in [0.1, 0.15) is 11.3 Å². The van der Waals surface area contributed by atoms with Gasteiger partial charge in [-0.15, -0.1) is 5.01 Å². The van der Waals surface area contributed by atoms with Crippen LogP contribution in [0.25, 0.3) is 0 Å². The average Bonchev–Trinajstić information content (AvgIpc) is 2.90. The fraction of sp³-hybridized carbons (Fsp3) is 0.167. The zero-order valence-corrected chi connectivity index (χ0v) is 15.6. The van der Waals surface area contributed by atoms with Gasteiger partial charge in [0.2, 0.25) is 0 Å². The van der Waals surface area contributed by atoms with Gasteiger partial charge in [-0.25, -0.2) is 4.79 Å². The SMILES string of the molecule is COc1ccc(C2(C)NC(=O)N(/N=C/c3cc([N+](=O)[O-])ccc3Cl)C2=O)cc1.